The van der Waals surface area contributed by atoms with Gasteiger partial charge in [-0.25, -0.2) is 13.4 Å². The van der Waals surface area contributed by atoms with Gasteiger partial charge >= 0.3 is 0 Å². The van der Waals surface area contributed by atoms with Crippen molar-refractivity contribution in [2.24, 2.45) is 0 Å². The quantitative estimate of drug-likeness (QED) is 0.546. The van der Waals surface area contributed by atoms with Crippen LogP contribution in [0.2, 0.25) is 0 Å². The Balaban J connectivity index is 1.77. The summed E-state index contributed by atoms with van der Waals surface area (Å²) < 4.78 is 28.0. The number of nitro benzene ring substituents is 1. The van der Waals surface area contributed by atoms with Crippen molar-refractivity contribution in [3.05, 3.63) is 64.0 Å². The largest absolute Gasteiger partial charge is 0.341 e. The third-order valence-corrected chi connectivity index (χ3v) is 6.95. The Labute approximate surface area is 156 Å². The van der Waals surface area contributed by atoms with E-state index in [9.17, 15) is 18.5 Å². The molecule has 2 heterocycles. The molecule has 1 aliphatic heterocycles. The van der Waals surface area contributed by atoms with Gasteiger partial charge in [0.1, 0.15) is 5.82 Å². The number of nitro groups is 1. The number of nitrogens with zero attached hydrogens (tertiary/aromatic N) is 3. The standard InChI is InChI=1S/C18H18N4O4S/c1-12-8-9-13(22(23)24)11-17(12)27(25,26)21-10-4-7-16(21)18-19-14-5-2-3-6-15(14)20-18/h2-3,5-6,8-9,11,16H,4,7,10H2,1H3,(H,19,20). The molecule has 1 unspecified atom stereocenters. The lowest BCUT2D eigenvalue weighted by Gasteiger charge is -2.23. The fraction of sp³-hybridized carbons (Fsp3) is 0.278. The van der Waals surface area contributed by atoms with Crippen LogP contribution in [0.1, 0.15) is 30.3 Å². The smallest absolute Gasteiger partial charge is 0.270 e. The zero-order valence-corrected chi connectivity index (χ0v) is 15.4. The molecule has 0 spiro atoms. The number of nitrogens with one attached hydrogen (secondary N) is 1. The molecule has 0 radical (unpaired) electrons. The van der Waals surface area contributed by atoms with Gasteiger partial charge in [-0.1, -0.05) is 18.2 Å². The average molecular weight is 386 g/mol. The molecule has 27 heavy (non-hydrogen) atoms. The van der Waals surface area contributed by atoms with Crippen LogP contribution in [0.4, 0.5) is 5.69 Å². The lowest BCUT2D eigenvalue weighted by atomic mass is 10.2. The van der Waals surface area contributed by atoms with E-state index in [1.807, 2.05) is 24.3 Å². The molecule has 2 aromatic carbocycles. The number of hydrogen-bond acceptors (Lipinski definition) is 5. The van der Waals surface area contributed by atoms with Gasteiger partial charge in [-0.3, -0.25) is 10.1 Å². The number of H-pyrrole nitrogens is 1. The Morgan fingerprint density at radius 3 is 2.78 bits per heavy atom. The Kier molecular flexibility index (Phi) is 4.20. The summed E-state index contributed by atoms with van der Waals surface area (Å²) in [6.45, 7) is 2.00. The van der Waals surface area contributed by atoms with Crippen LogP contribution in [-0.2, 0) is 10.0 Å². The van der Waals surface area contributed by atoms with Crippen molar-refractivity contribution in [3.63, 3.8) is 0 Å². The molecule has 1 fully saturated rings. The van der Waals surface area contributed by atoms with Crippen molar-refractivity contribution in [1.82, 2.24) is 14.3 Å². The van der Waals surface area contributed by atoms with E-state index in [0.717, 1.165) is 17.1 Å². The van der Waals surface area contributed by atoms with E-state index in [1.165, 1.54) is 16.4 Å². The van der Waals surface area contributed by atoms with Crippen LogP contribution in [-0.4, -0.2) is 34.2 Å². The second kappa shape index (κ2) is 6.43. The second-order valence-electron chi connectivity index (χ2n) is 6.62. The highest BCUT2D eigenvalue weighted by Crippen LogP contribution is 2.37. The van der Waals surface area contributed by atoms with Crippen LogP contribution in [0, 0.1) is 17.0 Å². The number of aryl methyl sites for hydroxylation is 1. The van der Waals surface area contributed by atoms with Gasteiger partial charge in [-0.2, -0.15) is 4.31 Å². The summed E-state index contributed by atoms with van der Waals surface area (Å²) in [6.07, 6.45) is 1.35. The molecule has 8 nitrogen and oxygen atoms in total. The summed E-state index contributed by atoms with van der Waals surface area (Å²) in [5.74, 6) is 0.598. The summed E-state index contributed by atoms with van der Waals surface area (Å²) in [5, 5.41) is 11.1. The maximum atomic E-state index is 13.3. The first-order valence-electron chi connectivity index (χ1n) is 8.59. The van der Waals surface area contributed by atoms with E-state index in [0.29, 0.717) is 30.8 Å². The number of aromatic amines is 1. The molecule has 1 aromatic heterocycles. The molecule has 1 N–H and O–H groups in total. The molecular weight excluding hydrogens is 368 g/mol. The van der Waals surface area contributed by atoms with Gasteiger partial charge in [0.05, 0.1) is 26.9 Å². The minimum atomic E-state index is -3.89. The molecule has 4 rings (SSSR count). The number of aromatic nitrogens is 2. The molecule has 140 valence electrons. The van der Waals surface area contributed by atoms with Gasteiger partial charge in [0.15, 0.2) is 0 Å². The van der Waals surface area contributed by atoms with Crippen LogP contribution in [0.15, 0.2) is 47.4 Å². The van der Waals surface area contributed by atoms with Crippen molar-refractivity contribution in [2.45, 2.75) is 30.7 Å². The van der Waals surface area contributed by atoms with Crippen molar-refractivity contribution < 1.29 is 13.3 Å². The fourth-order valence-electron chi connectivity index (χ4n) is 3.54. The van der Waals surface area contributed by atoms with E-state index in [2.05, 4.69) is 9.97 Å². The van der Waals surface area contributed by atoms with Crippen molar-refractivity contribution in [3.8, 4) is 0 Å². The van der Waals surface area contributed by atoms with Crippen LogP contribution >= 0.6 is 0 Å². The SMILES string of the molecule is Cc1ccc([N+](=O)[O-])cc1S(=O)(=O)N1CCCC1c1nc2ccccc2[nH]1. The third kappa shape index (κ3) is 2.98. The molecule has 0 saturated carbocycles. The molecule has 9 heteroatoms. The molecule has 1 saturated heterocycles. The number of non-ortho nitro benzene ring substituents is 1. The minimum Gasteiger partial charge on any atom is -0.341 e. The van der Waals surface area contributed by atoms with Gasteiger partial charge in [-0.05, 0) is 37.5 Å². The molecule has 0 bridgehead atoms. The number of rotatable bonds is 4. The molecule has 0 aliphatic carbocycles. The number of fused-ring (bicyclic) bond motifs is 1. The van der Waals surface area contributed by atoms with E-state index >= 15 is 0 Å². The normalized spacial score (nSPS) is 18.2. The highest BCUT2D eigenvalue weighted by Gasteiger charge is 2.39. The lowest BCUT2D eigenvalue weighted by molar-refractivity contribution is -0.385. The maximum Gasteiger partial charge on any atom is 0.270 e. The predicted octanol–water partition coefficient (Wildman–Crippen LogP) is 3.31. The van der Waals surface area contributed by atoms with Crippen molar-refractivity contribution >= 4 is 26.7 Å². The van der Waals surface area contributed by atoms with Gasteiger partial charge in [0, 0.05) is 18.7 Å². The van der Waals surface area contributed by atoms with Crippen molar-refractivity contribution in [1.29, 1.82) is 0 Å². The first-order valence-corrected chi connectivity index (χ1v) is 10.0. The summed E-state index contributed by atoms with van der Waals surface area (Å²) in [4.78, 5) is 18.2. The zero-order valence-electron chi connectivity index (χ0n) is 14.6. The average Bonchev–Trinajstić information content (AvgIpc) is 3.28. The van der Waals surface area contributed by atoms with Crippen molar-refractivity contribution in [2.75, 3.05) is 6.54 Å². The second-order valence-corrected chi connectivity index (χ2v) is 8.48. The molecule has 3 aromatic rings. The van der Waals surface area contributed by atoms with Gasteiger partial charge in [0.2, 0.25) is 10.0 Å². The highest BCUT2D eigenvalue weighted by atomic mass is 32.2. The highest BCUT2D eigenvalue weighted by molar-refractivity contribution is 7.89. The maximum absolute atomic E-state index is 13.3. The van der Waals surface area contributed by atoms with E-state index in [1.54, 1.807) is 6.92 Å². The summed E-state index contributed by atoms with van der Waals surface area (Å²) in [7, 11) is -3.89. The monoisotopic (exact) mass is 386 g/mol. The van der Waals surface area contributed by atoms with Crippen LogP contribution in [0.3, 0.4) is 0 Å². The predicted molar refractivity (Wildman–Crippen MR) is 99.8 cm³/mol. The number of imidazole rings is 1. The van der Waals surface area contributed by atoms with Crippen LogP contribution in [0.25, 0.3) is 11.0 Å². The zero-order chi connectivity index (χ0) is 19.2. The van der Waals surface area contributed by atoms with E-state index in [-0.39, 0.29) is 10.6 Å². The fourth-order valence-corrected chi connectivity index (χ4v) is 5.45. The first kappa shape index (κ1) is 17.6. The molecule has 0 amide bonds. The Hall–Kier alpha value is -2.78. The summed E-state index contributed by atoms with van der Waals surface area (Å²) in [6, 6.07) is 11.0. The Morgan fingerprint density at radius 1 is 1.26 bits per heavy atom. The summed E-state index contributed by atoms with van der Waals surface area (Å²) >= 11 is 0. The minimum absolute atomic E-state index is 0.0280. The Morgan fingerprint density at radius 2 is 2.04 bits per heavy atom. The molecule has 1 aliphatic rings. The third-order valence-electron chi connectivity index (χ3n) is 4.90. The van der Waals surface area contributed by atoms with Crippen LogP contribution in [0.5, 0.6) is 0 Å². The number of sulfonamides is 1. The van der Waals surface area contributed by atoms with Gasteiger partial charge < -0.3 is 4.98 Å². The lowest BCUT2D eigenvalue weighted by Crippen LogP contribution is -2.31. The van der Waals surface area contributed by atoms with Crippen LogP contribution < -0.4 is 0 Å². The molecular formula is C18H18N4O4S. The summed E-state index contributed by atoms with van der Waals surface area (Å²) in [5.41, 5.74) is 1.88. The number of para-hydroxylation sites is 2. The molecule has 1 atom stereocenters. The van der Waals surface area contributed by atoms with E-state index in [4.69, 9.17) is 0 Å². The number of hydrogen-bond donors (Lipinski definition) is 1. The topological polar surface area (TPSA) is 109 Å². The Bertz CT molecular complexity index is 1110. The first-order chi connectivity index (χ1) is 12.9. The number of benzene rings is 2. The van der Waals surface area contributed by atoms with Gasteiger partial charge in [0.25, 0.3) is 5.69 Å². The van der Waals surface area contributed by atoms with E-state index < -0.39 is 21.0 Å². The van der Waals surface area contributed by atoms with Gasteiger partial charge in [-0.15, -0.1) is 0 Å².